The van der Waals surface area contributed by atoms with E-state index in [9.17, 15) is 0 Å². The molecule has 0 saturated heterocycles. The summed E-state index contributed by atoms with van der Waals surface area (Å²) in [5.74, 6) is 2.40. The lowest BCUT2D eigenvalue weighted by molar-refractivity contribution is 0.197. The van der Waals surface area contributed by atoms with Gasteiger partial charge in [-0.1, -0.05) is 93.8 Å². The Labute approximate surface area is 228 Å². The predicted octanol–water partition coefficient (Wildman–Crippen LogP) is 10.4. The van der Waals surface area contributed by atoms with Gasteiger partial charge in [0, 0.05) is 22.0 Å². The molecule has 2 aliphatic rings. The highest BCUT2D eigenvalue weighted by atomic mass is 35.5. The molecule has 0 spiro atoms. The molecule has 0 aliphatic heterocycles. The maximum Gasteiger partial charge on any atom is 0.127 e. The van der Waals surface area contributed by atoms with E-state index in [1.807, 2.05) is 18.2 Å². The van der Waals surface area contributed by atoms with Crippen LogP contribution in [-0.2, 0) is 12.8 Å². The third kappa shape index (κ3) is 6.29. The average molecular weight is 524 g/mol. The molecule has 4 rings (SSSR count). The SMILES string of the molecule is C=C1C=C(c2cc(CCCCC3CC(C(=C)CC(C)(C)C)C3)c(Cl)cc2OC)Cc2c(Cl)cccc21. The van der Waals surface area contributed by atoms with E-state index in [4.69, 9.17) is 27.9 Å². The van der Waals surface area contributed by atoms with Crippen molar-refractivity contribution in [2.24, 2.45) is 17.3 Å². The van der Waals surface area contributed by atoms with E-state index in [1.54, 1.807) is 7.11 Å². The lowest BCUT2D eigenvalue weighted by Crippen LogP contribution is -2.26. The fraction of sp³-hybridized carbons (Fsp3) is 0.455. The summed E-state index contributed by atoms with van der Waals surface area (Å²) in [6.45, 7) is 15.6. The Bertz CT molecular complexity index is 1170. The minimum atomic E-state index is 0.342. The lowest BCUT2D eigenvalue weighted by atomic mass is 9.67. The van der Waals surface area contributed by atoms with Gasteiger partial charge in [0.25, 0.3) is 0 Å². The highest BCUT2D eigenvalue weighted by Crippen LogP contribution is 2.44. The monoisotopic (exact) mass is 522 g/mol. The molecule has 0 atom stereocenters. The van der Waals surface area contributed by atoms with Gasteiger partial charge in [-0.25, -0.2) is 0 Å². The van der Waals surface area contributed by atoms with E-state index in [0.717, 1.165) is 75.6 Å². The molecule has 1 nitrogen and oxygen atoms in total. The van der Waals surface area contributed by atoms with Crippen LogP contribution in [0, 0.1) is 17.3 Å². The first-order valence-electron chi connectivity index (χ1n) is 13.3. The lowest BCUT2D eigenvalue weighted by Gasteiger charge is -2.38. The van der Waals surface area contributed by atoms with Crippen molar-refractivity contribution in [2.75, 3.05) is 7.11 Å². The summed E-state index contributed by atoms with van der Waals surface area (Å²) in [4.78, 5) is 0. The van der Waals surface area contributed by atoms with Crippen LogP contribution < -0.4 is 4.74 Å². The number of methoxy groups -OCH3 is 1. The second kappa shape index (κ2) is 11.2. The third-order valence-corrected chi connectivity index (χ3v) is 8.48. The number of fused-ring (bicyclic) bond motifs is 1. The first-order chi connectivity index (χ1) is 17.1. The van der Waals surface area contributed by atoms with Crippen LogP contribution >= 0.6 is 23.2 Å². The molecule has 2 aliphatic carbocycles. The van der Waals surface area contributed by atoms with E-state index in [-0.39, 0.29) is 0 Å². The minimum absolute atomic E-state index is 0.342. The predicted molar refractivity (Wildman–Crippen MR) is 157 cm³/mol. The molecule has 0 bridgehead atoms. The molecule has 36 heavy (non-hydrogen) atoms. The fourth-order valence-corrected chi connectivity index (χ4v) is 6.32. The van der Waals surface area contributed by atoms with Crippen LogP contribution in [0.1, 0.15) is 81.5 Å². The van der Waals surface area contributed by atoms with Gasteiger partial charge in [0.2, 0.25) is 0 Å². The van der Waals surface area contributed by atoms with Crippen molar-refractivity contribution in [1.82, 2.24) is 0 Å². The normalized spacial score (nSPS) is 19.4. The molecular formula is C33H40Cl2O. The number of hydrogen-bond acceptors (Lipinski definition) is 1. The standard InChI is InChI=1S/C33H40Cl2O/c1-21-14-26(18-29-27(21)12-9-13-30(29)34)28-17-24(31(35)19-32(28)36-6)11-8-7-10-23-15-25(16-23)22(2)20-33(3,4)5/h9,12-14,17,19,23,25H,1-2,7-8,10-11,15-16,18,20H2,3-6H3. The van der Waals surface area contributed by atoms with Gasteiger partial charge in [-0.15, -0.1) is 0 Å². The highest BCUT2D eigenvalue weighted by Gasteiger charge is 2.31. The molecule has 192 valence electrons. The van der Waals surface area contributed by atoms with Gasteiger partial charge in [0.1, 0.15) is 5.75 Å². The second-order valence-corrected chi connectivity index (χ2v) is 12.8. The van der Waals surface area contributed by atoms with Gasteiger partial charge < -0.3 is 4.74 Å². The molecular weight excluding hydrogens is 483 g/mol. The van der Waals surface area contributed by atoms with E-state index in [0.29, 0.717) is 5.41 Å². The summed E-state index contributed by atoms with van der Waals surface area (Å²) in [6.07, 6.45) is 11.4. The van der Waals surface area contributed by atoms with Crippen LogP contribution in [-0.4, -0.2) is 7.11 Å². The van der Waals surface area contributed by atoms with E-state index in [1.165, 1.54) is 42.4 Å². The van der Waals surface area contributed by atoms with Crippen LogP contribution in [0.5, 0.6) is 5.75 Å². The zero-order valence-corrected chi connectivity index (χ0v) is 23.9. The van der Waals surface area contributed by atoms with Crippen molar-refractivity contribution < 1.29 is 4.74 Å². The van der Waals surface area contributed by atoms with Crippen LogP contribution in [0.2, 0.25) is 10.0 Å². The first kappa shape index (κ1) is 27.1. The minimum Gasteiger partial charge on any atom is -0.496 e. The van der Waals surface area contributed by atoms with Crippen molar-refractivity contribution in [3.05, 3.63) is 87.4 Å². The quantitative estimate of drug-likeness (QED) is 0.235. The second-order valence-electron chi connectivity index (χ2n) is 12.0. The molecule has 2 aromatic rings. The van der Waals surface area contributed by atoms with Crippen LogP contribution in [0.3, 0.4) is 0 Å². The number of hydrogen-bond donors (Lipinski definition) is 0. The molecule has 0 radical (unpaired) electrons. The van der Waals surface area contributed by atoms with Crippen molar-refractivity contribution in [3.63, 3.8) is 0 Å². The largest absolute Gasteiger partial charge is 0.496 e. The van der Waals surface area contributed by atoms with Gasteiger partial charge in [-0.3, -0.25) is 0 Å². The van der Waals surface area contributed by atoms with Crippen molar-refractivity contribution >= 4 is 34.3 Å². The molecule has 0 amide bonds. The number of benzene rings is 2. The van der Waals surface area contributed by atoms with Crippen LogP contribution in [0.15, 0.2) is 55.1 Å². The highest BCUT2D eigenvalue weighted by molar-refractivity contribution is 6.32. The Morgan fingerprint density at radius 1 is 1.06 bits per heavy atom. The van der Waals surface area contributed by atoms with Crippen molar-refractivity contribution in [2.45, 2.75) is 72.1 Å². The fourth-order valence-electron chi connectivity index (χ4n) is 5.83. The number of halogens is 2. The molecule has 2 aromatic carbocycles. The van der Waals surface area contributed by atoms with Crippen LogP contribution in [0.4, 0.5) is 0 Å². The maximum atomic E-state index is 6.69. The Hall–Kier alpha value is -1.96. The maximum absolute atomic E-state index is 6.69. The third-order valence-electron chi connectivity index (χ3n) is 7.77. The van der Waals surface area contributed by atoms with Crippen molar-refractivity contribution in [1.29, 1.82) is 0 Å². The summed E-state index contributed by atoms with van der Waals surface area (Å²) >= 11 is 13.2. The molecule has 0 N–H and O–H groups in total. The first-order valence-corrected chi connectivity index (χ1v) is 14.0. The summed E-state index contributed by atoms with van der Waals surface area (Å²) in [6, 6.07) is 10.2. The van der Waals surface area contributed by atoms with E-state index < -0.39 is 0 Å². The summed E-state index contributed by atoms with van der Waals surface area (Å²) in [5, 5.41) is 1.57. The number of aryl methyl sites for hydroxylation is 1. The molecule has 1 saturated carbocycles. The Kier molecular flexibility index (Phi) is 8.42. The number of rotatable bonds is 9. The van der Waals surface area contributed by atoms with Gasteiger partial charge >= 0.3 is 0 Å². The molecule has 0 aromatic heterocycles. The summed E-state index contributed by atoms with van der Waals surface area (Å²) in [5.41, 5.74) is 8.48. The molecule has 3 heteroatoms. The van der Waals surface area contributed by atoms with Gasteiger partial charge in [-0.05, 0) is 95.4 Å². The molecule has 0 heterocycles. The Morgan fingerprint density at radius 3 is 2.50 bits per heavy atom. The molecule has 1 fully saturated rings. The Balaban J connectivity index is 1.36. The van der Waals surface area contributed by atoms with Gasteiger partial charge in [0.05, 0.1) is 7.11 Å². The van der Waals surface area contributed by atoms with E-state index >= 15 is 0 Å². The Morgan fingerprint density at radius 2 is 1.81 bits per heavy atom. The average Bonchev–Trinajstić information content (AvgIpc) is 2.77. The zero-order chi connectivity index (χ0) is 26.0. The number of unbranched alkanes of at least 4 members (excludes halogenated alkanes) is 1. The topological polar surface area (TPSA) is 9.23 Å². The van der Waals surface area contributed by atoms with E-state index in [2.05, 4.69) is 52.1 Å². The van der Waals surface area contributed by atoms with Gasteiger partial charge in [0.15, 0.2) is 0 Å². The smallest absolute Gasteiger partial charge is 0.127 e. The summed E-state index contributed by atoms with van der Waals surface area (Å²) < 4.78 is 5.73. The number of ether oxygens (including phenoxy) is 1. The van der Waals surface area contributed by atoms with Crippen LogP contribution in [0.25, 0.3) is 11.1 Å². The zero-order valence-electron chi connectivity index (χ0n) is 22.4. The molecule has 0 unspecified atom stereocenters. The van der Waals surface area contributed by atoms with Gasteiger partial charge in [-0.2, -0.15) is 0 Å². The summed E-state index contributed by atoms with van der Waals surface area (Å²) in [7, 11) is 1.70. The number of allylic oxidation sites excluding steroid dienone is 4. The van der Waals surface area contributed by atoms with Crippen molar-refractivity contribution in [3.8, 4) is 5.75 Å².